The normalized spacial score (nSPS) is 12.3. The molecular weight excluding hydrogens is 238 g/mol. The summed E-state index contributed by atoms with van der Waals surface area (Å²) in [5.41, 5.74) is 8.47. The number of rotatable bonds is 8. The highest BCUT2D eigenvalue weighted by atomic mass is 16.5. The number of hydrogen-bond acceptors (Lipinski definition) is 3. The van der Waals surface area contributed by atoms with Crippen LogP contribution in [-0.4, -0.2) is 20.3 Å². The molecule has 0 amide bonds. The van der Waals surface area contributed by atoms with E-state index in [-0.39, 0.29) is 6.04 Å². The van der Waals surface area contributed by atoms with E-state index >= 15 is 0 Å². The first-order valence-corrected chi connectivity index (χ1v) is 7.15. The van der Waals surface area contributed by atoms with E-state index in [0.717, 1.165) is 49.2 Å². The van der Waals surface area contributed by atoms with Crippen molar-refractivity contribution in [3.8, 4) is 11.5 Å². The van der Waals surface area contributed by atoms with Gasteiger partial charge >= 0.3 is 0 Å². The maximum absolute atomic E-state index is 6.13. The number of ether oxygens (including phenoxy) is 2. The smallest absolute Gasteiger partial charge is 0.122 e. The summed E-state index contributed by atoms with van der Waals surface area (Å²) in [5, 5.41) is 0. The quantitative estimate of drug-likeness (QED) is 0.784. The molecule has 19 heavy (non-hydrogen) atoms. The minimum Gasteiger partial charge on any atom is -0.496 e. The Morgan fingerprint density at radius 2 is 1.58 bits per heavy atom. The molecule has 0 saturated carbocycles. The van der Waals surface area contributed by atoms with Crippen LogP contribution in [0.2, 0.25) is 0 Å². The Hall–Kier alpha value is -1.22. The predicted molar refractivity (Wildman–Crippen MR) is 80.1 cm³/mol. The molecule has 2 N–H and O–H groups in total. The van der Waals surface area contributed by atoms with Gasteiger partial charge in [0.25, 0.3) is 0 Å². The summed E-state index contributed by atoms with van der Waals surface area (Å²) in [7, 11) is 3.43. The predicted octanol–water partition coefficient (Wildman–Crippen LogP) is 3.33. The zero-order chi connectivity index (χ0) is 14.3. The number of methoxy groups -OCH3 is 2. The van der Waals surface area contributed by atoms with Gasteiger partial charge in [-0.25, -0.2) is 0 Å². The molecule has 1 atom stereocenters. The standard InChI is InChI=1S/C16H27NO2/c1-5-7-12-10-16(19-4)13(11-15(12)18-3)9-14(17)8-6-2/h10-11,14H,5-9,17H2,1-4H3. The van der Waals surface area contributed by atoms with Gasteiger partial charge in [-0.1, -0.05) is 26.7 Å². The fraction of sp³-hybridized carbons (Fsp3) is 0.625. The molecule has 3 heteroatoms. The second-order valence-electron chi connectivity index (χ2n) is 4.98. The van der Waals surface area contributed by atoms with E-state index in [4.69, 9.17) is 15.2 Å². The molecular formula is C16H27NO2. The second kappa shape index (κ2) is 8.05. The Bertz CT molecular complexity index is 391. The molecule has 1 rings (SSSR count). The summed E-state index contributed by atoms with van der Waals surface area (Å²) in [4.78, 5) is 0. The van der Waals surface area contributed by atoms with Gasteiger partial charge in [-0.05, 0) is 42.5 Å². The van der Waals surface area contributed by atoms with Crippen LogP contribution >= 0.6 is 0 Å². The number of hydrogen-bond donors (Lipinski definition) is 1. The maximum Gasteiger partial charge on any atom is 0.122 e. The first kappa shape index (κ1) is 15.8. The van der Waals surface area contributed by atoms with Gasteiger partial charge in [-0.15, -0.1) is 0 Å². The second-order valence-corrected chi connectivity index (χ2v) is 4.98. The lowest BCUT2D eigenvalue weighted by atomic mass is 9.98. The van der Waals surface area contributed by atoms with Crippen LogP contribution in [0.5, 0.6) is 11.5 Å². The summed E-state index contributed by atoms with van der Waals surface area (Å²) in [6, 6.07) is 4.36. The molecule has 108 valence electrons. The van der Waals surface area contributed by atoms with Crippen LogP contribution in [0.25, 0.3) is 0 Å². The summed E-state index contributed by atoms with van der Waals surface area (Å²) in [6.07, 6.45) is 5.06. The van der Waals surface area contributed by atoms with Crippen molar-refractivity contribution in [2.75, 3.05) is 14.2 Å². The van der Waals surface area contributed by atoms with E-state index in [0.29, 0.717) is 0 Å². The van der Waals surface area contributed by atoms with Crippen molar-refractivity contribution in [3.05, 3.63) is 23.3 Å². The highest BCUT2D eigenvalue weighted by molar-refractivity contribution is 5.47. The summed E-state index contributed by atoms with van der Waals surface area (Å²) in [6.45, 7) is 4.32. The van der Waals surface area contributed by atoms with Crippen LogP contribution in [0.4, 0.5) is 0 Å². The van der Waals surface area contributed by atoms with Crippen LogP contribution in [-0.2, 0) is 12.8 Å². The lowest BCUT2D eigenvalue weighted by Crippen LogP contribution is -2.22. The molecule has 3 nitrogen and oxygen atoms in total. The average molecular weight is 265 g/mol. The maximum atomic E-state index is 6.13. The third kappa shape index (κ3) is 4.43. The largest absolute Gasteiger partial charge is 0.496 e. The molecule has 0 aliphatic carbocycles. The molecule has 1 unspecified atom stereocenters. The minimum absolute atomic E-state index is 0.181. The van der Waals surface area contributed by atoms with Crippen LogP contribution in [0.1, 0.15) is 44.2 Å². The van der Waals surface area contributed by atoms with Crippen LogP contribution in [0.3, 0.4) is 0 Å². The molecule has 0 fully saturated rings. The van der Waals surface area contributed by atoms with Crippen molar-refractivity contribution < 1.29 is 9.47 Å². The fourth-order valence-corrected chi connectivity index (χ4v) is 2.40. The van der Waals surface area contributed by atoms with Crippen molar-refractivity contribution in [3.63, 3.8) is 0 Å². The Kier molecular flexibility index (Phi) is 6.71. The molecule has 1 aromatic rings. The van der Waals surface area contributed by atoms with E-state index in [1.54, 1.807) is 14.2 Å². The molecule has 0 aromatic heterocycles. The molecule has 0 saturated heterocycles. The molecule has 0 spiro atoms. The minimum atomic E-state index is 0.181. The van der Waals surface area contributed by atoms with E-state index in [9.17, 15) is 0 Å². The number of aryl methyl sites for hydroxylation is 1. The average Bonchev–Trinajstić information content (AvgIpc) is 2.40. The lowest BCUT2D eigenvalue weighted by molar-refractivity contribution is 0.392. The SMILES string of the molecule is CCCc1cc(OC)c(CC(N)CCC)cc1OC. The van der Waals surface area contributed by atoms with Gasteiger partial charge in [0.1, 0.15) is 11.5 Å². The van der Waals surface area contributed by atoms with Gasteiger partial charge in [-0.2, -0.15) is 0 Å². The molecule has 1 aromatic carbocycles. The Balaban J connectivity index is 3.02. The van der Waals surface area contributed by atoms with Crippen molar-refractivity contribution in [2.24, 2.45) is 5.73 Å². The highest BCUT2D eigenvalue weighted by Gasteiger charge is 2.13. The Morgan fingerprint density at radius 3 is 2.11 bits per heavy atom. The highest BCUT2D eigenvalue weighted by Crippen LogP contribution is 2.30. The van der Waals surface area contributed by atoms with Gasteiger partial charge in [0.2, 0.25) is 0 Å². The summed E-state index contributed by atoms with van der Waals surface area (Å²) in [5.74, 6) is 1.87. The zero-order valence-electron chi connectivity index (χ0n) is 12.7. The third-order valence-electron chi connectivity index (χ3n) is 3.34. The van der Waals surface area contributed by atoms with Gasteiger partial charge < -0.3 is 15.2 Å². The van der Waals surface area contributed by atoms with Crippen molar-refractivity contribution in [2.45, 2.75) is 52.0 Å². The number of nitrogens with two attached hydrogens (primary N) is 1. The van der Waals surface area contributed by atoms with Gasteiger partial charge in [-0.3, -0.25) is 0 Å². The van der Waals surface area contributed by atoms with Crippen molar-refractivity contribution >= 4 is 0 Å². The van der Waals surface area contributed by atoms with Crippen molar-refractivity contribution in [1.82, 2.24) is 0 Å². The monoisotopic (exact) mass is 265 g/mol. The summed E-state index contributed by atoms with van der Waals surface area (Å²) >= 11 is 0. The third-order valence-corrected chi connectivity index (χ3v) is 3.34. The van der Waals surface area contributed by atoms with Gasteiger partial charge in [0.15, 0.2) is 0 Å². The molecule has 0 aliphatic rings. The Labute approximate surface area is 117 Å². The molecule has 0 radical (unpaired) electrons. The Morgan fingerprint density at radius 1 is 1.00 bits per heavy atom. The topological polar surface area (TPSA) is 44.5 Å². The molecule has 0 aliphatic heterocycles. The summed E-state index contributed by atoms with van der Waals surface area (Å²) < 4.78 is 11.0. The van der Waals surface area contributed by atoms with E-state index in [1.807, 2.05) is 0 Å². The van der Waals surface area contributed by atoms with Crippen LogP contribution < -0.4 is 15.2 Å². The van der Waals surface area contributed by atoms with E-state index in [2.05, 4.69) is 26.0 Å². The fourth-order valence-electron chi connectivity index (χ4n) is 2.40. The lowest BCUT2D eigenvalue weighted by Gasteiger charge is -2.17. The molecule has 0 heterocycles. The van der Waals surface area contributed by atoms with Crippen LogP contribution in [0, 0.1) is 0 Å². The number of benzene rings is 1. The molecule has 0 bridgehead atoms. The van der Waals surface area contributed by atoms with Gasteiger partial charge in [0, 0.05) is 6.04 Å². The van der Waals surface area contributed by atoms with Crippen molar-refractivity contribution in [1.29, 1.82) is 0 Å². The van der Waals surface area contributed by atoms with Crippen LogP contribution in [0.15, 0.2) is 12.1 Å². The van der Waals surface area contributed by atoms with E-state index in [1.165, 1.54) is 5.56 Å². The van der Waals surface area contributed by atoms with Gasteiger partial charge in [0.05, 0.1) is 14.2 Å². The zero-order valence-corrected chi connectivity index (χ0v) is 12.7. The first-order chi connectivity index (χ1) is 9.15. The first-order valence-electron chi connectivity index (χ1n) is 7.15. The van der Waals surface area contributed by atoms with E-state index < -0.39 is 0 Å².